The van der Waals surface area contributed by atoms with Crippen LogP contribution in [0.15, 0.2) is 15.6 Å². The smallest absolute Gasteiger partial charge is 0.191 e. The second-order valence-electron chi connectivity index (χ2n) is 5.30. The number of aromatic nitrogens is 1. The van der Waals surface area contributed by atoms with Gasteiger partial charge in [0.1, 0.15) is 16.4 Å². The zero-order valence-corrected chi connectivity index (χ0v) is 17.3. The molecule has 0 radical (unpaired) electrons. The van der Waals surface area contributed by atoms with Gasteiger partial charge in [0.15, 0.2) is 11.7 Å². The molecule has 1 unspecified atom stereocenters. The van der Waals surface area contributed by atoms with Gasteiger partial charge >= 0.3 is 0 Å². The monoisotopic (exact) mass is 458 g/mol. The first-order valence-electron chi connectivity index (χ1n) is 7.51. The van der Waals surface area contributed by atoms with Crippen molar-refractivity contribution in [3.05, 3.63) is 17.5 Å². The minimum absolute atomic E-state index is 0. The normalized spacial score (nSPS) is 13.3. The number of hydrogen-bond donors (Lipinski definition) is 2. The average Bonchev–Trinajstić information content (AvgIpc) is 2.90. The summed E-state index contributed by atoms with van der Waals surface area (Å²) in [7, 11) is -2.95. The fourth-order valence-corrected chi connectivity index (χ4v) is 2.55. The Bertz CT molecular complexity index is 587. The Morgan fingerprint density at radius 1 is 1.43 bits per heavy atom. The maximum Gasteiger partial charge on any atom is 0.191 e. The molecule has 0 aliphatic carbocycles. The van der Waals surface area contributed by atoms with Crippen LogP contribution in [0, 0.1) is 0 Å². The molecule has 1 aromatic heterocycles. The Morgan fingerprint density at radius 2 is 2.13 bits per heavy atom. The molecule has 1 rings (SSSR count). The number of nitrogens with one attached hydrogen (secondary N) is 2. The topological polar surface area (TPSA) is 96.6 Å². The van der Waals surface area contributed by atoms with Gasteiger partial charge in [-0.1, -0.05) is 12.1 Å². The van der Waals surface area contributed by atoms with Gasteiger partial charge in [-0.05, 0) is 26.7 Å². The number of aryl methyl sites for hydroxylation is 1. The molecule has 2 N–H and O–H groups in total. The van der Waals surface area contributed by atoms with Crippen LogP contribution in [-0.4, -0.2) is 44.1 Å². The van der Waals surface area contributed by atoms with Crippen LogP contribution in [0.3, 0.4) is 0 Å². The van der Waals surface area contributed by atoms with Crippen LogP contribution in [0.4, 0.5) is 0 Å². The second-order valence-corrected chi connectivity index (χ2v) is 7.56. The van der Waals surface area contributed by atoms with Crippen LogP contribution in [-0.2, 0) is 22.8 Å². The molecule has 0 aliphatic rings. The summed E-state index contributed by atoms with van der Waals surface area (Å²) in [6, 6.07) is 1.90. The van der Waals surface area contributed by atoms with E-state index in [2.05, 4.69) is 20.8 Å². The van der Waals surface area contributed by atoms with Crippen LogP contribution in [0.2, 0.25) is 0 Å². The molecule has 0 saturated heterocycles. The molecule has 9 heteroatoms. The highest BCUT2D eigenvalue weighted by Crippen LogP contribution is 2.05. The Labute approximate surface area is 155 Å². The number of guanidine groups is 1. The van der Waals surface area contributed by atoms with Crippen LogP contribution in [0.5, 0.6) is 0 Å². The van der Waals surface area contributed by atoms with Gasteiger partial charge in [-0.3, -0.25) is 0 Å². The molecule has 0 spiro atoms. The number of rotatable bonds is 8. The first kappa shape index (κ1) is 22.2. The molecule has 7 nitrogen and oxygen atoms in total. The highest BCUT2D eigenvalue weighted by molar-refractivity contribution is 14.0. The summed E-state index contributed by atoms with van der Waals surface area (Å²) >= 11 is 0. The summed E-state index contributed by atoms with van der Waals surface area (Å²) in [5.41, 5.74) is 0.907. The van der Waals surface area contributed by atoms with Gasteiger partial charge < -0.3 is 15.2 Å². The second kappa shape index (κ2) is 10.8. The lowest BCUT2D eigenvalue weighted by molar-refractivity contribution is 0.379. The first-order valence-corrected chi connectivity index (χ1v) is 9.57. The van der Waals surface area contributed by atoms with E-state index in [9.17, 15) is 8.42 Å². The maximum absolute atomic E-state index is 11.2. The van der Waals surface area contributed by atoms with Crippen molar-refractivity contribution >= 4 is 39.8 Å². The quantitative estimate of drug-likeness (QED) is 0.350. The third kappa shape index (κ3) is 9.80. The predicted molar refractivity (Wildman–Crippen MR) is 103 cm³/mol. The fraction of sp³-hybridized carbons (Fsp3) is 0.714. The molecule has 0 bridgehead atoms. The molecular weight excluding hydrogens is 431 g/mol. The van der Waals surface area contributed by atoms with Crippen LogP contribution in [0.1, 0.15) is 38.6 Å². The molecule has 0 amide bonds. The summed E-state index contributed by atoms with van der Waals surface area (Å²) < 4.78 is 27.6. The van der Waals surface area contributed by atoms with Crippen LogP contribution >= 0.6 is 24.0 Å². The number of aliphatic imine (C=N–C) groups is 1. The summed E-state index contributed by atoms with van der Waals surface area (Å²) in [5.74, 6) is 1.50. The molecule has 0 aromatic carbocycles. The molecule has 0 aliphatic heterocycles. The number of sulfone groups is 1. The third-order valence-electron chi connectivity index (χ3n) is 3.01. The van der Waals surface area contributed by atoms with Gasteiger partial charge in [0, 0.05) is 24.9 Å². The highest BCUT2D eigenvalue weighted by atomic mass is 127. The fourth-order valence-electron chi connectivity index (χ4n) is 1.77. The van der Waals surface area contributed by atoms with E-state index < -0.39 is 9.84 Å². The van der Waals surface area contributed by atoms with Crippen LogP contribution < -0.4 is 10.6 Å². The zero-order valence-electron chi connectivity index (χ0n) is 14.1. The predicted octanol–water partition coefficient (Wildman–Crippen LogP) is 1.73. The Kier molecular flexibility index (Phi) is 10.4. The van der Waals surface area contributed by atoms with E-state index in [1.807, 2.05) is 26.8 Å². The SMILES string of the molecule is CCNC(=NCc1cc(CC)no1)NC(C)CCS(C)(=O)=O.I. The summed E-state index contributed by atoms with van der Waals surface area (Å²) in [4.78, 5) is 4.43. The molecule has 0 saturated carbocycles. The minimum Gasteiger partial charge on any atom is -0.359 e. The Balaban J connectivity index is 0.00000484. The summed E-state index contributed by atoms with van der Waals surface area (Å²) in [6.45, 7) is 7.03. The van der Waals surface area contributed by atoms with Crippen molar-refractivity contribution in [1.29, 1.82) is 0 Å². The minimum atomic E-state index is -2.95. The molecule has 1 aromatic rings. The molecule has 1 heterocycles. The van der Waals surface area contributed by atoms with Crippen molar-refractivity contribution in [1.82, 2.24) is 15.8 Å². The molecule has 134 valence electrons. The summed E-state index contributed by atoms with van der Waals surface area (Å²) in [5, 5.41) is 10.2. The van der Waals surface area contributed by atoms with Gasteiger partial charge in [-0.2, -0.15) is 0 Å². The van der Waals surface area contributed by atoms with Gasteiger partial charge in [0.25, 0.3) is 0 Å². The number of halogens is 1. The van der Waals surface area contributed by atoms with Crippen molar-refractivity contribution in [2.45, 2.75) is 46.2 Å². The van der Waals surface area contributed by atoms with E-state index in [-0.39, 0.29) is 35.8 Å². The van der Waals surface area contributed by atoms with E-state index in [0.29, 0.717) is 24.7 Å². The average molecular weight is 458 g/mol. The van der Waals surface area contributed by atoms with Crippen molar-refractivity contribution in [3.8, 4) is 0 Å². The maximum atomic E-state index is 11.2. The van der Waals surface area contributed by atoms with Gasteiger partial charge in [0.2, 0.25) is 0 Å². The first-order chi connectivity index (χ1) is 10.3. The molecular formula is C14H27IN4O3S. The highest BCUT2D eigenvalue weighted by Gasteiger charge is 2.10. The largest absolute Gasteiger partial charge is 0.359 e. The van der Waals surface area contributed by atoms with Crippen molar-refractivity contribution in [2.24, 2.45) is 4.99 Å². The van der Waals surface area contributed by atoms with Crippen molar-refractivity contribution in [2.75, 3.05) is 18.6 Å². The number of hydrogen-bond acceptors (Lipinski definition) is 5. The lowest BCUT2D eigenvalue weighted by Crippen LogP contribution is -2.42. The third-order valence-corrected chi connectivity index (χ3v) is 3.99. The van der Waals surface area contributed by atoms with E-state index in [0.717, 1.165) is 18.7 Å². The molecule has 1 atom stereocenters. The Hall–Kier alpha value is -0.840. The lowest BCUT2D eigenvalue weighted by atomic mass is 10.3. The van der Waals surface area contributed by atoms with Crippen LogP contribution in [0.25, 0.3) is 0 Å². The van der Waals surface area contributed by atoms with Crippen molar-refractivity contribution < 1.29 is 12.9 Å². The van der Waals surface area contributed by atoms with E-state index in [1.165, 1.54) is 6.26 Å². The standard InChI is InChI=1S/C14H26N4O3S.HI/c1-5-12-9-13(21-18-12)10-16-14(15-6-2)17-11(3)7-8-22(4,19)20;/h9,11H,5-8,10H2,1-4H3,(H2,15,16,17);1H. The van der Waals surface area contributed by atoms with Crippen molar-refractivity contribution in [3.63, 3.8) is 0 Å². The van der Waals surface area contributed by atoms with E-state index in [1.54, 1.807) is 0 Å². The van der Waals surface area contributed by atoms with E-state index in [4.69, 9.17) is 4.52 Å². The lowest BCUT2D eigenvalue weighted by Gasteiger charge is -2.17. The van der Waals surface area contributed by atoms with Gasteiger partial charge in [-0.25, -0.2) is 13.4 Å². The van der Waals surface area contributed by atoms with Gasteiger partial charge in [0.05, 0.1) is 11.4 Å². The molecule has 23 heavy (non-hydrogen) atoms. The summed E-state index contributed by atoms with van der Waals surface area (Å²) in [6.07, 6.45) is 2.60. The zero-order chi connectivity index (χ0) is 16.6. The van der Waals surface area contributed by atoms with Gasteiger partial charge in [-0.15, -0.1) is 24.0 Å². The Morgan fingerprint density at radius 3 is 2.65 bits per heavy atom. The van der Waals surface area contributed by atoms with E-state index >= 15 is 0 Å². The number of nitrogens with zero attached hydrogens (tertiary/aromatic N) is 2. The molecule has 0 fully saturated rings.